The second kappa shape index (κ2) is 6.59. The van der Waals surface area contributed by atoms with Gasteiger partial charge < -0.3 is 15.2 Å². The van der Waals surface area contributed by atoms with Crippen LogP contribution in [-0.2, 0) is 6.42 Å². The third-order valence-electron chi connectivity index (χ3n) is 2.90. The summed E-state index contributed by atoms with van der Waals surface area (Å²) < 4.78 is 11.1. The Bertz CT molecular complexity index is 509. The Kier molecular flexibility index (Phi) is 4.82. The van der Waals surface area contributed by atoms with Crippen molar-refractivity contribution in [3.05, 3.63) is 46.2 Å². The summed E-state index contributed by atoms with van der Waals surface area (Å²) in [6, 6.07) is 10.0. The van der Waals surface area contributed by atoms with Crippen molar-refractivity contribution < 1.29 is 9.47 Å². The monoisotopic (exact) mass is 277 g/mol. The van der Waals surface area contributed by atoms with E-state index in [0.29, 0.717) is 6.61 Å². The van der Waals surface area contributed by atoms with Crippen LogP contribution in [0.1, 0.15) is 23.4 Å². The molecule has 3 nitrogen and oxygen atoms in total. The van der Waals surface area contributed by atoms with Crippen LogP contribution in [0.4, 0.5) is 0 Å². The molecule has 1 atom stereocenters. The van der Waals surface area contributed by atoms with Gasteiger partial charge in [-0.15, -0.1) is 11.3 Å². The molecule has 2 N–H and O–H groups in total. The predicted octanol–water partition coefficient (Wildman–Crippen LogP) is 3.40. The molecule has 102 valence electrons. The van der Waals surface area contributed by atoms with Crippen LogP contribution in [0.2, 0.25) is 0 Å². The summed E-state index contributed by atoms with van der Waals surface area (Å²) in [5, 5.41) is 2.08. The van der Waals surface area contributed by atoms with Crippen molar-refractivity contribution in [2.24, 2.45) is 5.73 Å². The molecule has 0 amide bonds. The summed E-state index contributed by atoms with van der Waals surface area (Å²) in [5.41, 5.74) is 6.90. The second-order valence-corrected chi connectivity index (χ2v) is 5.41. The summed E-state index contributed by atoms with van der Waals surface area (Å²) in [6.07, 6.45) is 0.913. The van der Waals surface area contributed by atoms with Gasteiger partial charge in [0.1, 0.15) is 0 Å². The first-order valence-electron chi connectivity index (χ1n) is 6.29. The second-order valence-electron chi connectivity index (χ2n) is 4.38. The number of methoxy groups -OCH3 is 1. The van der Waals surface area contributed by atoms with Gasteiger partial charge in [0.05, 0.1) is 13.7 Å². The maximum atomic E-state index is 5.86. The molecular weight excluding hydrogens is 258 g/mol. The van der Waals surface area contributed by atoms with Gasteiger partial charge in [0.2, 0.25) is 0 Å². The van der Waals surface area contributed by atoms with Gasteiger partial charge in [-0.1, -0.05) is 12.1 Å². The fourth-order valence-electron chi connectivity index (χ4n) is 1.80. The summed E-state index contributed by atoms with van der Waals surface area (Å²) in [7, 11) is 1.65. The number of benzene rings is 1. The molecule has 0 fully saturated rings. The smallest absolute Gasteiger partial charge is 0.161 e. The van der Waals surface area contributed by atoms with Crippen molar-refractivity contribution in [2.45, 2.75) is 19.4 Å². The minimum absolute atomic E-state index is 0.00549. The Morgan fingerprint density at radius 3 is 2.74 bits per heavy atom. The van der Waals surface area contributed by atoms with Crippen molar-refractivity contribution in [3.8, 4) is 11.5 Å². The van der Waals surface area contributed by atoms with Crippen LogP contribution in [0.5, 0.6) is 11.5 Å². The SMILES string of the molecule is COc1cc(C(C)N)ccc1OCCc1cccs1. The zero-order valence-electron chi connectivity index (χ0n) is 11.3. The zero-order chi connectivity index (χ0) is 13.7. The minimum atomic E-state index is -0.00549. The van der Waals surface area contributed by atoms with Gasteiger partial charge in [0.25, 0.3) is 0 Å². The summed E-state index contributed by atoms with van der Waals surface area (Å²) in [6.45, 7) is 2.60. The van der Waals surface area contributed by atoms with E-state index in [1.165, 1.54) is 4.88 Å². The highest BCUT2D eigenvalue weighted by Crippen LogP contribution is 2.30. The maximum Gasteiger partial charge on any atom is 0.161 e. The average molecular weight is 277 g/mol. The molecule has 0 saturated heterocycles. The first kappa shape index (κ1) is 13.9. The Morgan fingerprint density at radius 2 is 2.11 bits per heavy atom. The van der Waals surface area contributed by atoms with E-state index in [0.717, 1.165) is 23.5 Å². The van der Waals surface area contributed by atoms with Crippen LogP contribution in [0.3, 0.4) is 0 Å². The van der Waals surface area contributed by atoms with Crippen molar-refractivity contribution in [3.63, 3.8) is 0 Å². The molecule has 1 aromatic heterocycles. The van der Waals surface area contributed by atoms with E-state index >= 15 is 0 Å². The van der Waals surface area contributed by atoms with Gasteiger partial charge >= 0.3 is 0 Å². The van der Waals surface area contributed by atoms with Gasteiger partial charge in [-0.3, -0.25) is 0 Å². The van der Waals surface area contributed by atoms with Crippen LogP contribution in [-0.4, -0.2) is 13.7 Å². The molecule has 1 unspecified atom stereocenters. The highest BCUT2D eigenvalue weighted by atomic mass is 32.1. The molecule has 0 aliphatic rings. The molecule has 0 aliphatic heterocycles. The van der Waals surface area contributed by atoms with E-state index in [4.69, 9.17) is 15.2 Å². The van der Waals surface area contributed by atoms with Crippen molar-refractivity contribution >= 4 is 11.3 Å². The molecule has 1 aromatic carbocycles. The van der Waals surface area contributed by atoms with Gasteiger partial charge in [-0.25, -0.2) is 0 Å². The van der Waals surface area contributed by atoms with Crippen molar-refractivity contribution in [1.29, 1.82) is 0 Å². The van der Waals surface area contributed by atoms with Crippen LogP contribution in [0.15, 0.2) is 35.7 Å². The Hall–Kier alpha value is -1.52. The lowest BCUT2D eigenvalue weighted by Gasteiger charge is -2.13. The summed E-state index contributed by atoms with van der Waals surface area (Å²) in [5.74, 6) is 1.50. The largest absolute Gasteiger partial charge is 0.493 e. The first-order valence-corrected chi connectivity index (χ1v) is 7.17. The van der Waals surface area contributed by atoms with Crippen LogP contribution in [0, 0.1) is 0 Å². The van der Waals surface area contributed by atoms with E-state index in [1.807, 2.05) is 25.1 Å². The molecular formula is C15H19NO2S. The summed E-state index contributed by atoms with van der Waals surface area (Å²) >= 11 is 1.75. The molecule has 2 aromatic rings. The van der Waals surface area contributed by atoms with Gasteiger partial charge in [0, 0.05) is 17.3 Å². The van der Waals surface area contributed by atoms with E-state index < -0.39 is 0 Å². The lowest BCUT2D eigenvalue weighted by Crippen LogP contribution is -2.06. The number of hydrogen-bond donors (Lipinski definition) is 1. The lowest BCUT2D eigenvalue weighted by atomic mass is 10.1. The van der Waals surface area contributed by atoms with E-state index in [-0.39, 0.29) is 6.04 Å². The normalized spacial score (nSPS) is 12.2. The van der Waals surface area contributed by atoms with Gasteiger partial charge in [-0.05, 0) is 36.1 Å². The van der Waals surface area contributed by atoms with Gasteiger partial charge in [-0.2, -0.15) is 0 Å². The van der Waals surface area contributed by atoms with Crippen molar-refractivity contribution in [1.82, 2.24) is 0 Å². The predicted molar refractivity (Wildman–Crippen MR) is 79.1 cm³/mol. The fourth-order valence-corrected chi connectivity index (χ4v) is 2.49. The number of hydrogen-bond acceptors (Lipinski definition) is 4. The first-order chi connectivity index (χ1) is 9.20. The topological polar surface area (TPSA) is 44.5 Å². The Balaban J connectivity index is 1.99. The Morgan fingerprint density at radius 1 is 1.26 bits per heavy atom. The molecule has 0 aliphatic carbocycles. The molecule has 0 saturated carbocycles. The standard InChI is InChI=1S/C15H19NO2S/c1-11(16)12-5-6-14(15(10-12)17-2)18-8-7-13-4-3-9-19-13/h3-6,9-11H,7-8,16H2,1-2H3. The lowest BCUT2D eigenvalue weighted by molar-refractivity contribution is 0.298. The van der Waals surface area contributed by atoms with E-state index in [2.05, 4.69) is 17.5 Å². The van der Waals surface area contributed by atoms with Crippen LogP contribution in [0.25, 0.3) is 0 Å². The van der Waals surface area contributed by atoms with Crippen molar-refractivity contribution in [2.75, 3.05) is 13.7 Å². The fraction of sp³-hybridized carbons (Fsp3) is 0.333. The number of nitrogens with two attached hydrogens (primary N) is 1. The maximum absolute atomic E-state index is 5.86. The Labute approximate surface area is 118 Å². The van der Waals surface area contributed by atoms with E-state index in [1.54, 1.807) is 18.4 Å². The highest BCUT2D eigenvalue weighted by Gasteiger charge is 2.08. The van der Waals surface area contributed by atoms with Gasteiger partial charge in [0.15, 0.2) is 11.5 Å². The molecule has 4 heteroatoms. The molecule has 2 rings (SSSR count). The molecule has 0 radical (unpaired) electrons. The number of rotatable bonds is 6. The zero-order valence-corrected chi connectivity index (χ0v) is 12.1. The number of ether oxygens (including phenoxy) is 2. The average Bonchev–Trinajstić information content (AvgIpc) is 2.92. The molecule has 1 heterocycles. The third-order valence-corrected chi connectivity index (χ3v) is 3.84. The third kappa shape index (κ3) is 3.72. The molecule has 19 heavy (non-hydrogen) atoms. The molecule has 0 bridgehead atoms. The number of thiophene rings is 1. The van der Waals surface area contributed by atoms with Crippen LogP contribution < -0.4 is 15.2 Å². The molecule has 0 spiro atoms. The van der Waals surface area contributed by atoms with E-state index in [9.17, 15) is 0 Å². The minimum Gasteiger partial charge on any atom is -0.493 e. The quantitative estimate of drug-likeness (QED) is 0.880. The van der Waals surface area contributed by atoms with Crippen LogP contribution >= 0.6 is 11.3 Å². The summed E-state index contributed by atoms with van der Waals surface area (Å²) in [4.78, 5) is 1.33. The highest BCUT2D eigenvalue weighted by molar-refractivity contribution is 7.09.